The van der Waals surface area contributed by atoms with Crippen molar-refractivity contribution in [2.75, 3.05) is 13.7 Å². The number of pyridine rings is 1. The maximum Gasteiger partial charge on any atom is 0.250 e. The summed E-state index contributed by atoms with van der Waals surface area (Å²) in [5, 5.41) is 10.8. The molecular formula is C16H23N5O3. The quantitative estimate of drug-likeness (QED) is 0.766. The van der Waals surface area contributed by atoms with Gasteiger partial charge in [0.15, 0.2) is 5.82 Å². The van der Waals surface area contributed by atoms with Crippen LogP contribution < -0.4 is 10.9 Å². The van der Waals surface area contributed by atoms with E-state index >= 15 is 0 Å². The molecule has 1 amide bonds. The summed E-state index contributed by atoms with van der Waals surface area (Å²) in [6.45, 7) is 5.21. The second-order valence-electron chi connectivity index (χ2n) is 5.57. The maximum absolute atomic E-state index is 12.2. The molecule has 2 aromatic rings. The standard InChI is InChI=1S/C16H23N5O3/c1-12-5-4-6-15(23)21(12)8-7-14(22)18-13(2)16-19-17-11-20(16)9-10-24-3/h4-6,11,13H,7-10H2,1-3H3,(H,18,22)/t13-/m0/s1. The van der Waals surface area contributed by atoms with Gasteiger partial charge < -0.3 is 19.2 Å². The van der Waals surface area contributed by atoms with E-state index in [-0.39, 0.29) is 23.9 Å². The number of aryl methyl sites for hydroxylation is 1. The van der Waals surface area contributed by atoms with Crippen molar-refractivity contribution in [3.63, 3.8) is 0 Å². The average Bonchev–Trinajstić information content (AvgIpc) is 3.01. The number of nitrogens with zero attached hydrogens (tertiary/aromatic N) is 4. The lowest BCUT2D eigenvalue weighted by atomic mass is 10.2. The van der Waals surface area contributed by atoms with E-state index in [0.717, 1.165) is 5.69 Å². The van der Waals surface area contributed by atoms with Crippen LogP contribution in [0.25, 0.3) is 0 Å². The van der Waals surface area contributed by atoms with Crippen molar-refractivity contribution in [1.29, 1.82) is 0 Å². The fourth-order valence-electron chi connectivity index (χ4n) is 2.46. The summed E-state index contributed by atoms with van der Waals surface area (Å²) in [7, 11) is 1.63. The van der Waals surface area contributed by atoms with E-state index in [1.807, 2.05) is 24.5 Å². The van der Waals surface area contributed by atoms with E-state index in [9.17, 15) is 9.59 Å². The molecular weight excluding hydrogens is 310 g/mol. The Morgan fingerprint density at radius 1 is 1.38 bits per heavy atom. The van der Waals surface area contributed by atoms with Gasteiger partial charge in [0.05, 0.1) is 12.6 Å². The molecule has 1 atom stereocenters. The lowest BCUT2D eigenvalue weighted by Gasteiger charge is -2.15. The molecule has 0 aromatic carbocycles. The third-order valence-electron chi connectivity index (χ3n) is 3.78. The van der Waals surface area contributed by atoms with Crippen molar-refractivity contribution in [2.45, 2.75) is 39.4 Å². The minimum Gasteiger partial charge on any atom is -0.383 e. The Labute approximate surface area is 140 Å². The van der Waals surface area contributed by atoms with Crippen molar-refractivity contribution in [1.82, 2.24) is 24.6 Å². The first-order valence-electron chi connectivity index (χ1n) is 7.85. The van der Waals surface area contributed by atoms with Gasteiger partial charge in [0.1, 0.15) is 6.33 Å². The van der Waals surface area contributed by atoms with Crippen LogP contribution in [0, 0.1) is 6.92 Å². The summed E-state index contributed by atoms with van der Waals surface area (Å²) in [4.78, 5) is 24.0. The fraction of sp³-hybridized carbons (Fsp3) is 0.500. The van der Waals surface area contributed by atoms with Crippen LogP contribution in [0.15, 0.2) is 29.3 Å². The van der Waals surface area contributed by atoms with Crippen molar-refractivity contribution < 1.29 is 9.53 Å². The summed E-state index contributed by atoms with van der Waals surface area (Å²) >= 11 is 0. The van der Waals surface area contributed by atoms with Gasteiger partial charge in [-0.3, -0.25) is 9.59 Å². The van der Waals surface area contributed by atoms with Gasteiger partial charge >= 0.3 is 0 Å². The topological polar surface area (TPSA) is 91.0 Å². The molecule has 0 aliphatic heterocycles. The van der Waals surface area contributed by atoms with Crippen LogP contribution in [-0.2, 0) is 22.6 Å². The van der Waals surface area contributed by atoms with Crippen molar-refractivity contribution in [2.24, 2.45) is 0 Å². The fourth-order valence-corrected chi connectivity index (χ4v) is 2.46. The first-order valence-corrected chi connectivity index (χ1v) is 7.85. The molecule has 0 aliphatic rings. The number of amides is 1. The number of methoxy groups -OCH3 is 1. The lowest BCUT2D eigenvalue weighted by Crippen LogP contribution is -2.31. The number of ether oxygens (including phenoxy) is 1. The van der Waals surface area contributed by atoms with Gasteiger partial charge in [-0.15, -0.1) is 10.2 Å². The molecule has 0 radical (unpaired) electrons. The molecule has 0 saturated carbocycles. The molecule has 8 nitrogen and oxygen atoms in total. The third kappa shape index (κ3) is 4.51. The summed E-state index contributed by atoms with van der Waals surface area (Å²) in [5.41, 5.74) is 0.734. The Hall–Kier alpha value is -2.48. The Morgan fingerprint density at radius 3 is 2.88 bits per heavy atom. The SMILES string of the molecule is COCCn1cnnc1[C@H](C)NC(=O)CCn1c(C)cccc1=O. The van der Waals surface area contributed by atoms with Crippen LogP contribution in [0.3, 0.4) is 0 Å². The molecule has 0 aliphatic carbocycles. The molecule has 2 heterocycles. The molecule has 130 valence electrons. The first-order chi connectivity index (χ1) is 11.5. The van der Waals surface area contributed by atoms with E-state index in [2.05, 4.69) is 15.5 Å². The van der Waals surface area contributed by atoms with Crippen LogP contribution in [0.1, 0.15) is 30.9 Å². The molecule has 0 spiro atoms. The Bertz CT molecular complexity index is 737. The predicted octanol–water partition coefficient (Wildman–Crippen LogP) is 0.662. The minimum atomic E-state index is -0.273. The highest BCUT2D eigenvalue weighted by atomic mass is 16.5. The van der Waals surface area contributed by atoms with Gasteiger partial charge in [-0.2, -0.15) is 0 Å². The monoisotopic (exact) mass is 333 g/mol. The first kappa shape index (κ1) is 17.9. The van der Waals surface area contributed by atoms with E-state index in [1.165, 1.54) is 6.07 Å². The zero-order valence-corrected chi connectivity index (χ0v) is 14.2. The van der Waals surface area contributed by atoms with Gasteiger partial charge in [0, 0.05) is 38.4 Å². The number of hydrogen-bond acceptors (Lipinski definition) is 5. The molecule has 0 unspecified atom stereocenters. The number of nitrogens with one attached hydrogen (secondary N) is 1. The molecule has 0 bridgehead atoms. The van der Waals surface area contributed by atoms with Gasteiger partial charge in [-0.05, 0) is 19.9 Å². The number of carbonyl (C=O) groups excluding carboxylic acids is 1. The Balaban J connectivity index is 1.92. The molecule has 2 rings (SSSR count). The summed E-state index contributed by atoms with van der Waals surface area (Å²) in [6, 6.07) is 4.78. The summed E-state index contributed by atoms with van der Waals surface area (Å²) < 4.78 is 8.48. The van der Waals surface area contributed by atoms with Gasteiger partial charge in [0.2, 0.25) is 5.91 Å². The van der Waals surface area contributed by atoms with Crippen molar-refractivity contribution in [3.05, 3.63) is 46.4 Å². The van der Waals surface area contributed by atoms with E-state index in [1.54, 1.807) is 24.1 Å². The summed E-state index contributed by atoms with van der Waals surface area (Å²) in [6.07, 6.45) is 1.84. The maximum atomic E-state index is 12.2. The second kappa shape index (κ2) is 8.39. The zero-order valence-electron chi connectivity index (χ0n) is 14.2. The number of carbonyl (C=O) groups is 1. The molecule has 8 heteroatoms. The van der Waals surface area contributed by atoms with E-state index in [4.69, 9.17) is 4.74 Å². The molecule has 2 aromatic heterocycles. The van der Waals surface area contributed by atoms with Crippen molar-refractivity contribution >= 4 is 5.91 Å². The van der Waals surface area contributed by atoms with Crippen LogP contribution in [-0.4, -0.2) is 39.0 Å². The largest absolute Gasteiger partial charge is 0.383 e. The highest BCUT2D eigenvalue weighted by Crippen LogP contribution is 2.09. The smallest absolute Gasteiger partial charge is 0.250 e. The summed E-state index contributed by atoms with van der Waals surface area (Å²) in [5.74, 6) is 0.535. The number of aromatic nitrogens is 4. The normalized spacial score (nSPS) is 12.1. The lowest BCUT2D eigenvalue weighted by molar-refractivity contribution is -0.122. The number of hydrogen-bond donors (Lipinski definition) is 1. The van der Waals surface area contributed by atoms with E-state index < -0.39 is 0 Å². The molecule has 0 fully saturated rings. The Morgan fingerprint density at radius 2 is 2.17 bits per heavy atom. The highest BCUT2D eigenvalue weighted by molar-refractivity contribution is 5.76. The van der Waals surface area contributed by atoms with Crippen LogP contribution in [0.4, 0.5) is 0 Å². The van der Waals surface area contributed by atoms with E-state index in [0.29, 0.717) is 25.5 Å². The van der Waals surface area contributed by atoms with Gasteiger partial charge in [0.25, 0.3) is 5.56 Å². The van der Waals surface area contributed by atoms with Crippen LogP contribution in [0.2, 0.25) is 0 Å². The minimum absolute atomic E-state index is 0.102. The zero-order chi connectivity index (χ0) is 17.5. The average molecular weight is 333 g/mol. The van der Waals surface area contributed by atoms with Gasteiger partial charge in [-0.25, -0.2) is 0 Å². The molecule has 0 saturated heterocycles. The van der Waals surface area contributed by atoms with Gasteiger partial charge in [-0.1, -0.05) is 6.07 Å². The molecule has 24 heavy (non-hydrogen) atoms. The number of rotatable bonds is 8. The second-order valence-corrected chi connectivity index (χ2v) is 5.57. The Kier molecular flexibility index (Phi) is 6.25. The highest BCUT2D eigenvalue weighted by Gasteiger charge is 2.15. The van der Waals surface area contributed by atoms with Crippen molar-refractivity contribution in [3.8, 4) is 0 Å². The van der Waals surface area contributed by atoms with Crippen LogP contribution >= 0.6 is 0 Å². The third-order valence-corrected chi connectivity index (χ3v) is 3.78. The predicted molar refractivity (Wildman–Crippen MR) is 88.5 cm³/mol. The van der Waals surface area contributed by atoms with Crippen LogP contribution in [0.5, 0.6) is 0 Å². The molecule has 1 N–H and O–H groups in total.